The molecule has 1 aromatic heterocycles. The Morgan fingerprint density at radius 2 is 1.68 bits per heavy atom. The van der Waals surface area contributed by atoms with Crippen molar-refractivity contribution < 1.29 is 27.4 Å². The summed E-state index contributed by atoms with van der Waals surface area (Å²) in [7, 11) is 4.65. The predicted molar refractivity (Wildman–Crippen MR) is 119 cm³/mol. The summed E-state index contributed by atoms with van der Waals surface area (Å²) in [5.41, 5.74) is 1.51. The molecule has 0 radical (unpaired) electrons. The molecule has 180 valence electrons. The fourth-order valence-electron chi connectivity index (χ4n) is 4.05. The summed E-state index contributed by atoms with van der Waals surface area (Å²) in [5, 5.41) is 0. The fraction of sp³-hybridized carbons (Fsp3) is 0.333. The molecule has 0 atom stereocenters. The monoisotopic (exact) mass is 475 g/mol. The van der Waals surface area contributed by atoms with Crippen molar-refractivity contribution >= 4 is 0 Å². The highest BCUT2D eigenvalue weighted by atomic mass is 19.4. The molecule has 4 rings (SSSR count). The molecule has 0 bridgehead atoms. The number of ether oxygens (including phenoxy) is 3. The van der Waals surface area contributed by atoms with Crippen molar-refractivity contribution in [2.24, 2.45) is 0 Å². The maximum atomic E-state index is 12.8. The standard InChI is InChI=1S/C24H24F3N3O4/c1-32-19-10-14(11-20(33-2)21(19)34-3)12-30-9-8-18-17(13-30)23(31)29-22(28-18)15-4-6-16(7-5-15)24(25,26)27/h4-7,10-11H,8-9,12-13H2,1-3H3,(H,28,29,31). The molecular formula is C24H24F3N3O4. The Hall–Kier alpha value is -3.53. The number of alkyl halides is 3. The molecular weight excluding hydrogens is 451 g/mol. The van der Waals surface area contributed by atoms with Crippen LogP contribution in [0.2, 0.25) is 0 Å². The number of aromatic nitrogens is 2. The van der Waals surface area contributed by atoms with Gasteiger partial charge in [0.25, 0.3) is 5.56 Å². The van der Waals surface area contributed by atoms with E-state index >= 15 is 0 Å². The first-order valence-corrected chi connectivity index (χ1v) is 10.5. The molecule has 0 saturated heterocycles. The number of nitrogens with one attached hydrogen (secondary N) is 1. The molecule has 0 aliphatic carbocycles. The molecule has 0 unspecified atom stereocenters. The van der Waals surface area contributed by atoms with Gasteiger partial charge in [0.1, 0.15) is 5.82 Å². The van der Waals surface area contributed by atoms with E-state index in [1.54, 1.807) is 21.3 Å². The topological polar surface area (TPSA) is 76.7 Å². The first kappa shape index (κ1) is 23.6. The molecule has 0 amide bonds. The molecule has 1 N–H and O–H groups in total. The average Bonchev–Trinajstić information content (AvgIpc) is 2.83. The lowest BCUT2D eigenvalue weighted by molar-refractivity contribution is -0.137. The van der Waals surface area contributed by atoms with E-state index in [1.807, 2.05) is 12.1 Å². The van der Waals surface area contributed by atoms with Crippen molar-refractivity contribution in [3.05, 3.63) is 69.1 Å². The van der Waals surface area contributed by atoms with Crippen LogP contribution in [-0.2, 0) is 25.7 Å². The van der Waals surface area contributed by atoms with Crippen molar-refractivity contribution in [3.63, 3.8) is 0 Å². The number of hydrogen-bond donors (Lipinski definition) is 1. The van der Waals surface area contributed by atoms with Gasteiger partial charge in [0.05, 0.1) is 38.2 Å². The average molecular weight is 475 g/mol. The van der Waals surface area contributed by atoms with Crippen LogP contribution in [0.3, 0.4) is 0 Å². The quantitative estimate of drug-likeness (QED) is 0.580. The summed E-state index contributed by atoms with van der Waals surface area (Å²) in [4.78, 5) is 22.2. The van der Waals surface area contributed by atoms with E-state index < -0.39 is 11.7 Å². The first-order chi connectivity index (χ1) is 16.2. The van der Waals surface area contributed by atoms with Crippen LogP contribution in [-0.4, -0.2) is 42.7 Å². The van der Waals surface area contributed by atoms with Gasteiger partial charge >= 0.3 is 6.18 Å². The summed E-state index contributed by atoms with van der Waals surface area (Å²) in [6.45, 7) is 1.60. The minimum atomic E-state index is -4.42. The highest BCUT2D eigenvalue weighted by molar-refractivity contribution is 5.56. The second-order valence-corrected chi connectivity index (χ2v) is 7.91. The predicted octanol–water partition coefficient (Wildman–Crippen LogP) is 4.04. The molecule has 1 aliphatic heterocycles. The van der Waals surface area contributed by atoms with Gasteiger partial charge in [-0.15, -0.1) is 0 Å². The Balaban J connectivity index is 1.55. The number of rotatable bonds is 6. The largest absolute Gasteiger partial charge is 0.493 e. The number of fused-ring (bicyclic) bond motifs is 1. The molecule has 0 spiro atoms. The Morgan fingerprint density at radius 1 is 1.03 bits per heavy atom. The summed E-state index contributed by atoms with van der Waals surface area (Å²) >= 11 is 0. The molecule has 2 aromatic carbocycles. The van der Waals surface area contributed by atoms with E-state index in [4.69, 9.17) is 14.2 Å². The van der Waals surface area contributed by atoms with Gasteiger partial charge in [-0.1, -0.05) is 12.1 Å². The maximum Gasteiger partial charge on any atom is 0.416 e. The van der Waals surface area contributed by atoms with Gasteiger partial charge < -0.3 is 19.2 Å². The van der Waals surface area contributed by atoms with Crippen LogP contribution < -0.4 is 19.8 Å². The van der Waals surface area contributed by atoms with E-state index in [0.717, 1.165) is 17.7 Å². The van der Waals surface area contributed by atoms with E-state index in [9.17, 15) is 18.0 Å². The van der Waals surface area contributed by atoms with Crippen LogP contribution in [0.1, 0.15) is 22.4 Å². The van der Waals surface area contributed by atoms with E-state index in [1.165, 1.54) is 12.1 Å². The third-order valence-electron chi connectivity index (χ3n) is 5.76. The number of hydrogen-bond acceptors (Lipinski definition) is 6. The Kier molecular flexibility index (Phi) is 6.52. The SMILES string of the molecule is COc1cc(CN2CCc3nc(-c4ccc(C(F)(F)F)cc4)[nH]c(=O)c3C2)cc(OC)c1OC. The van der Waals surface area contributed by atoms with Crippen molar-refractivity contribution in [1.29, 1.82) is 0 Å². The molecule has 34 heavy (non-hydrogen) atoms. The number of aromatic amines is 1. The van der Waals surface area contributed by atoms with Crippen molar-refractivity contribution in [3.8, 4) is 28.6 Å². The zero-order valence-electron chi connectivity index (χ0n) is 19.0. The summed E-state index contributed by atoms with van der Waals surface area (Å²) < 4.78 is 54.7. The lowest BCUT2D eigenvalue weighted by Gasteiger charge is -2.28. The van der Waals surface area contributed by atoms with E-state index in [2.05, 4.69) is 14.9 Å². The summed E-state index contributed by atoms with van der Waals surface area (Å²) in [5.74, 6) is 1.87. The van der Waals surface area contributed by atoms with Crippen LogP contribution in [0, 0.1) is 0 Å². The molecule has 3 aromatic rings. The second kappa shape index (κ2) is 9.38. The number of H-pyrrole nitrogens is 1. The maximum absolute atomic E-state index is 12.8. The van der Waals surface area contributed by atoms with Crippen molar-refractivity contribution in [2.75, 3.05) is 27.9 Å². The van der Waals surface area contributed by atoms with Gasteiger partial charge in [-0.05, 0) is 29.8 Å². The summed E-state index contributed by atoms with van der Waals surface area (Å²) in [6, 6.07) is 8.32. The van der Waals surface area contributed by atoms with E-state index in [-0.39, 0.29) is 11.4 Å². The molecule has 1 aliphatic rings. The Bertz CT molecular complexity index is 1210. The molecule has 2 heterocycles. The first-order valence-electron chi connectivity index (χ1n) is 10.5. The lowest BCUT2D eigenvalue weighted by Crippen LogP contribution is -2.35. The van der Waals surface area contributed by atoms with Crippen LogP contribution in [0.25, 0.3) is 11.4 Å². The number of nitrogens with zero attached hydrogens (tertiary/aromatic N) is 2. The highest BCUT2D eigenvalue weighted by Crippen LogP contribution is 2.38. The van der Waals surface area contributed by atoms with Gasteiger partial charge in [-0.25, -0.2) is 4.98 Å². The normalized spacial score (nSPS) is 13.9. The van der Waals surface area contributed by atoms with Crippen LogP contribution in [0.5, 0.6) is 17.2 Å². The van der Waals surface area contributed by atoms with E-state index in [0.29, 0.717) is 60.1 Å². The Morgan fingerprint density at radius 3 is 2.24 bits per heavy atom. The highest BCUT2D eigenvalue weighted by Gasteiger charge is 2.30. The molecule has 7 nitrogen and oxygen atoms in total. The van der Waals surface area contributed by atoms with Gasteiger partial charge in [-0.2, -0.15) is 13.2 Å². The number of methoxy groups -OCH3 is 3. The number of benzene rings is 2. The van der Waals surface area contributed by atoms with Gasteiger partial charge in [-0.3, -0.25) is 9.69 Å². The van der Waals surface area contributed by atoms with Crippen molar-refractivity contribution in [1.82, 2.24) is 14.9 Å². The lowest BCUT2D eigenvalue weighted by atomic mass is 10.0. The van der Waals surface area contributed by atoms with Gasteiger partial charge in [0, 0.05) is 31.6 Å². The smallest absolute Gasteiger partial charge is 0.416 e. The minimum Gasteiger partial charge on any atom is -0.493 e. The van der Waals surface area contributed by atoms with Crippen LogP contribution in [0.15, 0.2) is 41.2 Å². The van der Waals surface area contributed by atoms with Crippen LogP contribution in [0.4, 0.5) is 13.2 Å². The second-order valence-electron chi connectivity index (χ2n) is 7.91. The molecule has 0 saturated carbocycles. The van der Waals surface area contributed by atoms with Crippen molar-refractivity contribution in [2.45, 2.75) is 25.7 Å². The van der Waals surface area contributed by atoms with Gasteiger partial charge in [0.15, 0.2) is 11.5 Å². The van der Waals surface area contributed by atoms with Gasteiger partial charge in [0.2, 0.25) is 5.75 Å². The minimum absolute atomic E-state index is 0.260. The fourth-order valence-corrected chi connectivity index (χ4v) is 4.05. The number of halogens is 3. The third kappa shape index (κ3) is 4.72. The van der Waals surface area contributed by atoms with Crippen LogP contribution >= 0.6 is 0 Å². The zero-order valence-corrected chi connectivity index (χ0v) is 19.0. The Labute approximate surface area is 194 Å². The zero-order chi connectivity index (χ0) is 24.5. The third-order valence-corrected chi connectivity index (χ3v) is 5.76. The molecule has 0 fully saturated rings. The molecule has 10 heteroatoms. The summed E-state index contributed by atoms with van der Waals surface area (Å²) in [6.07, 6.45) is -3.88.